The van der Waals surface area contributed by atoms with Gasteiger partial charge in [-0.15, -0.1) is 0 Å². The van der Waals surface area contributed by atoms with E-state index < -0.39 is 97.5 Å². The highest BCUT2D eigenvalue weighted by molar-refractivity contribution is 7.47. The predicted octanol–water partition coefficient (Wildman–Crippen LogP) is 24.4. The minimum absolute atomic E-state index is 0.108. The van der Waals surface area contributed by atoms with Crippen molar-refractivity contribution < 1.29 is 80.2 Å². The van der Waals surface area contributed by atoms with E-state index >= 15 is 0 Å². The normalized spacial score (nSPS) is 13.8. The Morgan fingerprint density at radius 2 is 0.460 bits per heavy atom. The molecule has 0 fully saturated rings. The molecule has 5 atom stereocenters. The molecule has 0 amide bonds. The number of phosphoric acid groups is 2. The van der Waals surface area contributed by atoms with Gasteiger partial charge < -0.3 is 33.8 Å². The number of carbonyl (C=O) groups excluding carboxylic acids is 4. The first-order valence-corrected chi connectivity index (χ1v) is 45.1. The summed E-state index contributed by atoms with van der Waals surface area (Å²) in [5, 5.41) is 10.6. The molecule has 0 aromatic heterocycles. The van der Waals surface area contributed by atoms with Crippen LogP contribution in [-0.2, 0) is 65.4 Å². The highest BCUT2D eigenvalue weighted by atomic mass is 31.2. The number of hydrogen-bond acceptors (Lipinski definition) is 15. The molecule has 594 valence electrons. The van der Waals surface area contributed by atoms with E-state index in [1.165, 1.54) is 257 Å². The molecule has 0 aliphatic rings. The first kappa shape index (κ1) is 98.1. The average Bonchev–Trinajstić information content (AvgIpc) is 1.33. The second kappa shape index (κ2) is 73.9. The van der Waals surface area contributed by atoms with Crippen molar-refractivity contribution in [3.05, 3.63) is 0 Å². The third-order valence-electron chi connectivity index (χ3n) is 19.0. The molecule has 0 aromatic rings. The molecular formula is C81H158O17P2. The van der Waals surface area contributed by atoms with Crippen molar-refractivity contribution in [1.82, 2.24) is 0 Å². The van der Waals surface area contributed by atoms with Crippen molar-refractivity contribution in [2.24, 2.45) is 5.92 Å². The van der Waals surface area contributed by atoms with Crippen LogP contribution in [0.4, 0.5) is 0 Å². The van der Waals surface area contributed by atoms with Crippen LogP contribution in [0.2, 0.25) is 0 Å². The summed E-state index contributed by atoms with van der Waals surface area (Å²) in [5.74, 6) is -1.28. The summed E-state index contributed by atoms with van der Waals surface area (Å²) in [6.07, 6.45) is 65.1. The fourth-order valence-corrected chi connectivity index (χ4v) is 14.2. The fourth-order valence-electron chi connectivity index (χ4n) is 12.6. The summed E-state index contributed by atoms with van der Waals surface area (Å²) in [5.41, 5.74) is 0. The van der Waals surface area contributed by atoms with Crippen molar-refractivity contribution in [3.8, 4) is 0 Å². The number of phosphoric ester groups is 2. The Hall–Kier alpha value is -1.94. The zero-order valence-electron chi connectivity index (χ0n) is 65.3. The highest BCUT2D eigenvalue weighted by Crippen LogP contribution is 2.45. The van der Waals surface area contributed by atoms with E-state index in [9.17, 15) is 43.2 Å². The fraction of sp³-hybridized carbons (Fsp3) is 0.951. The van der Waals surface area contributed by atoms with E-state index in [1.54, 1.807) is 0 Å². The SMILES string of the molecule is CCCCCCCCCCCCCCCCCCC(=O)OC[C@H](COP(=O)(O)OC[C@@H](O)COP(=O)(O)OC[C@@H](COC(=O)CCCCCCCCCCCC)OC(=O)CCCCCCCCCCCCCCC)OC(=O)CCCCCCCCCCCCCCCCCCCCC(C)C. The lowest BCUT2D eigenvalue weighted by Crippen LogP contribution is -2.30. The van der Waals surface area contributed by atoms with E-state index in [4.69, 9.17) is 37.0 Å². The number of ether oxygens (including phenoxy) is 4. The quantitative estimate of drug-likeness (QED) is 0.0222. The number of aliphatic hydroxyl groups is 1. The van der Waals surface area contributed by atoms with Crippen molar-refractivity contribution in [1.29, 1.82) is 0 Å². The zero-order valence-corrected chi connectivity index (χ0v) is 67.1. The van der Waals surface area contributed by atoms with E-state index in [0.29, 0.717) is 25.7 Å². The Bertz CT molecular complexity index is 1910. The molecule has 100 heavy (non-hydrogen) atoms. The lowest BCUT2D eigenvalue weighted by Gasteiger charge is -2.21. The van der Waals surface area contributed by atoms with Gasteiger partial charge in [-0.05, 0) is 31.6 Å². The van der Waals surface area contributed by atoms with Crippen LogP contribution in [0, 0.1) is 5.92 Å². The van der Waals surface area contributed by atoms with Crippen LogP contribution < -0.4 is 0 Å². The molecule has 17 nitrogen and oxygen atoms in total. The monoisotopic (exact) mass is 1470 g/mol. The highest BCUT2D eigenvalue weighted by Gasteiger charge is 2.30. The van der Waals surface area contributed by atoms with Crippen molar-refractivity contribution in [2.75, 3.05) is 39.6 Å². The Balaban J connectivity index is 5.21. The number of aliphatic hydroxyl groups excluding tert-OH is 1. The van der Waals surface area contributed by atoms with Gasteiger partial charge in [-0.1, -0.05) is 381 Å². The minimum atomic E-state index is -4.96. The summed E-state index contributed by atoms with van der Waals surface area (Å²) < 4.78 is 68.7. The number of esters is 4. The van der Waals surface area contributed by atoms with Gasteiger partial charge in [0.1, 0.15) is 19.3 Å². The smallest absolute Gasteiger partial charge is 0.462 e. The molecule has 19 heteroatoms. The van der Waals surface area contributed by atoms with Crippen LogP contribution in [0.1, 0.15) is 433 Å². The first-order valence-electron chi connectivity index (χ1n) is 42.1. The molecule has 0 aliphatic carbocycles. The maximum absolute atomic E-state index is 13.1. The molecular weight excluding hydrogens is 1310 g/mol. The summed E-state index contributed by atoms with van der Waals surface area (Å²) in [7, 11) is -9.92. The van der Waals surface area contributed by atoms with Crippen LogP contribution in [0.25, 0.3) is 0 Å². The third-order valence-corrected chi connectivity index (χ3v) is 20.9. The van der Waals surface area contributed by atoms with E-state index in [0.717, 1.165) is 95.8 Å². The van der Waals surface area contributed by atoms with Crippen molar-refractivity contribution in [2.45, 2.75) is 451 Å². The number of unbranched alkanes of at least 4 members (excludes halogenated alkanes) is 53. The number of hydrogen-bond donors (Lipinski definition) is 3. The second-order valence-electron chi connectivity index (χ2n) is 29.6. The minimum Gasteiger partial charge on any atom is -0.462 e. The third kappa shape index (κ3) is 74.3. The molecule has 0 saturated heterocycles. The van der Waals surface area contributed by atoms with Crippen molar-refractivity contribution >= 4 is 39.5 Å². The lowest BCUT2D eigenvalue weighted by atomic mass is 10.0. The largest absolute Gasteiger partial charge is 0.472 e. The summed E-state index contributed by atoms with van der Waals surface area (Å²) in [4.78, 5) is 73.0. The lowest BCUT2D eigenvalue weighted by molar-refractivity contribution is -0.161. The number of carbonyl (C=O) groups is 4. The van der Waals surface area contributed by atoms with Crippen LogP contribution in [0.3, 0.4) is 0 Å². The summed E-state index contributed by atoms with van der Waals surface area (Å²) in [6, 6.07) is 0. The molecule has 0 rings (SSSR count). The summed E-state index contributed by atoms with van der Waals surface area (Å²) in [6.45, 7) is 7.36. The van der Waals surface area contributed by atoms with Gasteiger partial charge in [-0.2, -0.15) is 0 Å². The van der Waals surface area contributed by atoms with Crippen LogP contribution in [-0.4, -0.2) is 96.7 Å². The van der Waals surface area contributed by atoms with Crippen molar-refractivity contribution in [3.63, 3.8) is 0 Å². The molecule has 0 spiro atoms. The van der Waals surface area contributed by atoms with Crippen LogP contribution >= 0.6 is 15.6 Å². The Labute approximate surface area is 613 Å². The topological polar surface area (TPSA) is 237 Å². The van der Waals surface area contributed by atoms with E-state index in [2.05, 4.69) is 34.6 Å². The first-order chi connectivity index (χ1) is 48.5. The maximum atomic E-state index is 13.1. The Kier molecular flexibility index (Phi) is 72.5. The molecule has 0 radical (unpaired) electrons. The second-order valence-corrected chi connectivity index (χ2v) is 32.5. The maximum Gasteiger partial charge on any atom is 0.472 e. The standard InChI is InChI=1S/C81H158O17P2/c1-6-9-12-15-18-21-24-26-27-33-37-40-45-50-55-60-65-79(84)92-71-77(98-81(86)67-62-57-52-47-42-38-34-31-29-28-30-32-36-39-43-48-53-58-63-74(4)5)73-96-100(89,90)94-69-75(82)68-93-99(87,88)95-72-76(70-91-78(83)64-59-54-49-44-23-20-17-14-11-8-3)97-80(85)66-61-56-51-46-41-35-25-22-19-16-13-10-7-2/h74-77,82H,6-73H2,1-5H3,(H,87,88)(H,89,90)/t75-,76+,77+/m0/s1. The van der Waals surface area contributed by atoms with Gasteiger partial charge in [0.2, 0.25) is 0 Å². The molecule has 3 N–H and O–H groups in total. The van der Waals surface area contributed by atoms with E-state index in [-0.39, 0.29) is 25.7 Å². The Morgan fingerprint density at radius 1 is 0.270 bits per heavy atom. The number of rotatable bonds is 81. The molecule has 0 heterocycles. The van der Waals surface area contributed by atoms with Gasteiger partial charge in [0.15, 0.2) is 12.2 Å². The molecule has 0 aliphatic heterocycles. The van der Waals surface area contributed by atoms with Gasteiger partial charge >= 0.3 is 39.5 Å². The van der Waals surface area contributed by atoms with Gasteiger partial charge in [0, 0.05) is 25.7 Å². The molecule has 0 saturated carbocycles. The van der Waals surface area contributed by atoms with Gasteiger partial charge in [0.05, 0.1) is 26.4 Å². The summed E-state index contributed by atoms with van der Waals surface area (Å²) >= 11 is 0. The molecule has 0 bridgehead atoms. The molecule has 0 aromatic carbocycles. The van der Waals surface area contributed by atoms with Crippen LogP contribution in [0.5, 0.6) is 0 Å². The van der Waals surface area contributed by atoms with Crippen LogP contribution in [0.15, 0.2) is 0 Å². The van der Waals surface area contributed by atoms with Gasteiger partial charge in [0.25, 0.3) is 0 Å². The van der Waals surface area contributed by atoms with Gasteiger partial charge in [-0.25, -0.2) is 9.13 Å². The van der Waals surface area contributed by atoms with E-state index in [1.807, 2.05) is 0 Å². The predicted molar refractivity (Wildman–Crippen MR) is 409 cm³/mol. The van der Waals surface area contributed by atoms with Gasteiger partial charge in [-0.3, -0.25) is 37.3 Å². The Morgan fingerprint density at radius 3 is 0.680 bits per heavy atom. The average molecular weight is 1470 g/mol. The zero-order chi connectivity index (χ0) is 73.4. The molecule has 2 unspecified atom stereocenters.